The Hall–Kier alpha value is -2.82. The lowest BCUT2D eigenvalue weighted by atomic mass is 9.88. The van der Waals surface area contributed by atoms with Crippen molar-refractivity contribution in [2.24, 2.45) is 11.8 Å². The van der Waals surface area contributed by atoms with Crippen molar-refractivity contribution in [2.45, 2.75) is 25.3 Å². The molecule has 2 aromatic rings. The molecule has 5 nitrogen and oxygen atoms in total. The van der Waals surface area contributed by atoms with E-state index in [4.69, 9.17) is 4.74 Å². The van der Waals surface area contributed by atoms with E-state index in [-0.39, 0.29) is 29.6 Å². The summed E-state index contributed by atoms with van der Waals surface area (Å²) in [4.78, 5) is 27.5. The summed E-state index contributed by atoms with van der Waals surface area (Å²) in [5.74, 6) is 0.942. The van der Waals surface area contributed by atoms with Crippen LogP contribution in [0.15, 0.2) is 54.6 Å². The number of hydrogen-bond donors (Lipinski definition) is 1. The SMILES string of the molecule is COc1ccc([C@H]2CN(C(=O)C3CC3)C[C@H]2C(=O)NCc2ccccc2)cc1. The zero-order valence-electron chi connectivity index (χ0n) is 16.1. The van der Waals surface area contributed by atoms with Crippen LogP contribution in [0.2, 0.25) is 0 Å². The van der Waals surface area contributed by atoms with Crippen molar-refractivity contribution < 1.29 is 14.3 Å². The molecule has 1 N–H and O–H groups in total. The standard InChI is InChI=1S/C23H26N2O3/c1-28-19-11-9-17(10-12-19)20-14-25(23(27)18-7-8-18)15-21(20)22(26)24-13-16-5-3-2-4-6-16/h2-6,9-12,18,20-21H,7-8,13-15H2,1H3,(H,24,26)/t20-,21-/m1/s1. The molecular formula is C23H26N2O3. The van der Waals surface area contributed by atoms with Crippen molar-refractivity contribution in [2.75, 3.05) is 20.2 Å². The molecule has 146 valence electrons. The summed E-state index contributed by atoms with van der Waals surface area (Å²) >= 11 is 0. The van der Waals surface area contributed by atoms with Gasteiger partial charge in [0.25, 0.3) is 0 Å². The summed E-state index contributed by atoms with van der Waals surface area (Å²) in [6.07, 6.45) is 1.96. The summed E-state index contributed by atoms with van der Waals surface area (Å²) in [6.45, 7) is 1.60. The van der Waals surface area contributed by atoms with Crippen LogP contribution >= 0.6 is 0 Å². The van der Waals surface area contributed by atoms with Gasteiger partial charge in [0, 0.05) is 31.5 Å². The molecule has 1 aliphatic carbocycles. The Bertz CT molecular complexity index is 831. The number of hydrogen-bond acceptors (Lipinski definition) is 3. The maximum absolute atomic E-state index is 13.0. The number of ether oxygens (including phenoxy) is 1. The topological polar surface area (TPSA) is 58.6 Å². The first-order valence-electron chi connectivity index (χ1n) is 9.90. The van der Waals surface area contributed by atoms with Gasteiger partial charge >= 0.3 is 0 Å². The Kier molecular flexibility index (Phi) is 5.33. The highest BCUT2D eigenvalue weighted by molar-refractivity contribution is 5.85. The number of amides is 2. The summed E-state index contributed by atoms with van der Waals surface area (Å²) in [5.41, 5.74) is 2.15. The van der Waals surface area contributed by atoms with E-state index in [0.717, 1.165) is 29.7 Å². The first-order valence-corrected chi connectivity index (χ1v) is 9.90. The molecule has 1 saturated carbocycles. The van der Waals surface area contributed by atoms with E-state index in [1.165, 1.54) is 0 Å². The number of nitrogens with one attached hydrogen (secondary N) is 1. The third kappa shape index (κ3) is 4.03. The highest BCUT2D eigenvalue weighted by Gasteiger charge is 2.43. The second-order valence-corrected chi connectivity index (χ2v) is 7.71. The van der Waals surface area contributed by atoms with E-state index in [1.807, 2.05) is 59.5 Å². The van der Waals surface area contributed by atoms with Gasteiger partial charge in [-0.1, -0.05) is 42.5 Å². The number of methoxy groups -OCH3 is 1. The molecule has 2 atom stereocenters. The molecule has 0 unspecified atom stereocenters. The van der Waals surface area contributed by atoms with Gasteiger partial charge in [-0.3, -0.25) is 9.59 Å². The molecule has 28 heavy (non-hydrogen) atoms. The summed E-state index contributed by atoms with van der Waals surface area (Å²) < 4.78 is 5.25. The Morgan fingerprint density at radius 2 is 1.75 bits per heavy atom. The molecule has 1 aliphatic heterocycles. The largest absolute Gasteiger partial charge is 0.497 e. The normalized spacial score (nSPS) is 21.4. The third-order valence-corrected chi connectivity index (χ3v) is 5.75. The van der Waals surface area contributed by atoms with Crippen molar-refractivity contribution >= 4 is 11.8 Å². The highest BCUT2D eigenvalue weighted by Crippen LogP contribution is 2.38. The summed E-state index contributed by atoms with van der Waals surface area (Å²) in [5, 5.41) is 3.07. The molecule has 2 fully saturated rings. The van der Waals surface area contributed by atoms with Gasteiger partial charge in [0.2, 0.25) is 11.8 Å². The molecule has 5 heteroatoms. The van der Waals surface area contributed by atoms with E-state index in [2.05, 4.69) is 5.32 Å². The van der Waals surface area contributed by atoms with Gasteiger partial charge in [0.1, 0.15) is 5.75 Å². The van der Waals surface area contributed by atoms with Crippen LogP contribution in [0.25, 0.3) is 0 Å². The fourth-order valence-corrected chi connectivity index (χ4v) is 3.94. The quantitative estimate of drug-likeness (QED) is 0.841. The molecule has 2 aromatic carbocycles. The molecule has 2 aliphatic rings. The Balaban J connectivity index is 1.50. The molecule has 0 radical (unpaired) electrons. The van der Waals surface area contributed by atoms with Crippen molar-refractivity contribution in [3.05, 3.63) is 65.7 Å². The number of nitrogens with zero attached hydrogens (tertiary/aromatic N) is 1. The van der Waals surface area contributed by atoms with E-state index in [9.17, 15) is 9.59 Å². The average molecular weight is 378 g/mol. The lowest BCUT2D eigenvalue weighted by molar-refractivity contribution is -0.132. The van der Waals surface area contributed by atoms with Crippen LogP contribution in [0.1, 0.15) is 29.9 Å². The minimum Gasteiger partial charge on any atom is -0.497 e. The van der Waals surface area contributed by atoms with Crippen LogP contribution in [0.5, 0.6) is 5.75 Å². The van der Waals surface area contributed by atoms with E-state index in [1.54, 1.807) is 7.11 Å². The van der Waals surface area contributed by atoms with Crippen molar-refractivity contribution in [3.63, 3.8) is 0 Å². The molecule has 1 saturated heterocycles. The Morgan fingerprint density at radius 3 is 2.39 bits per heavy atom. The molecule has 1 heterocycles. The monoisotopic (exact) mass is 378 g/mol. The lowest BCUT2D eigenvalue weighted by Gasteiger charge is -2.18. The van der Waals surface area contributed by atoms with Gasteiger partial charge in [0.15, 0.2) is 0 Å². The van der Waals surface area contributed by atoms with Gasteiger partial charge in [-0.25, -0.2) is 0 Å². The smallest absolute Gasteiger partial charge is 0.225 e. The van der Waals surface area contributed by atoms with Gasteiger partial charge in [0.05, 0.1) is 13.0 Å². The summed E-state index contributed by atoms with van der Waals surface area (Å²) in [7, 11) is 1.64. The molecule has 2 amide bonds. The number of carbonyl (C=O) groups is 2. The minimum absolute atomic E-state index is 0.00406. The number of rotatable bonds is 6. The number of benzene rings is 2. The second-order valence-electron chi connectivity index (χ2n) is 7.71. The van der Waals surface area contributed by atoms with E-state index >= 15 is 0 Å². The van der Waals surface area contributed by atoms with Crippen molar-refractivity contribution in [1.29, 1.82) is 0 Å². The molecular weight excluding hydrogens is 352 g/mol. The fourth-order valence-electron chi connectivity index (χ4n) is 3.94. The highest BCUT2D eigenvalue weighted by atomic mass is 16.5. The number of likely N-dealkylation sites (tertiary alicyclic amines) is 1. The zero-order valence-corrected chi connectivity index (χ0v) is 16.1. The first kappa shape index (κ1) is 18.5. The maximum atomic E-state index is 13.0. The minimum atomic E-state index is -0.236. The zero-order chi connectivity index (χ0) is 19.5. The Labute approximate surface area is 165 Å². The van der Waals surface area contributed by atoms with Crippen LogP contribution in [-0.4, -0.2) is 36.9 Å². The lowest BCUT2D eigenvalue weighted by Crippen LogP contribution is -2.35. The predicted octanol–water partition coefficient (Wildman–Crippen LogP) is 2.96. The van der Waals surface area contributed by atoms with Gasteiger partial charge in [-0.15, -0.1) is 0 Å². The third-order valence-electron chi connectivity index (χ3n) is 5.75. The van der Waals surface area contributed by atoms with E-state index < -0.39 is 0 Å². The summed E-state index contributed by atoms with van der Waals surface area (Å²) in [6, 6.07) is 17.7. The van der Waals surface area contributed by atoms with E-state index in [0.29, 0.717) is 19.6 Å². The van der Waals surface area contributed by atoms with Gasteiger partial charge in [-0.2, -0.15) is 0 Å². The fraction of sp³-hybridized carbons (Fsp3) is 0.391. The predicted molar refractivity (Wildman–Crippen MR) is 107 cm³/mol. The van der Waals surface area contributed by atoms with Crippen LogP contribution in [-0.2, 0) is 16.1 Å². The van der Waals surface area contributed by atoms with Crippen LogP contribution in [0.3, 0.4) is 0 Å². The van der Waals surface area contributed by atoms with Crippen LogP contribution in [0.4, 0.5) is 0 Å². The molecule has 0 aromatic heterocycles. The molecule has 0 bridgehead atoms. The molecule has 0 spiro atoms. The number of carbonyl (C=O) groups excluding carboxylic acids is 2. The van der Waals surface area contributed by atoms with Gasteiger partial charge < -0.3 is 15.0 Å². The van der Waals surface area contributed by atoms with Gasteiger partial charge in [-0.05, 0) is 36.1 Å². The van der Waals surface area contributed by atoms with Crippen molar-refractivity contribution in [3.8, 4) is 5.75 Å². The van der Waals surface area contributed by atoms with Crippen LogP contribution < -0.4 is 10.1 Å². The second kappa shape index (κ2) is 8.05. The first-order chi connectivity index (χ1) is 13.7. The maximum Gasteiger partial charge on any atom is 0.225 e. The average Bonchev–Trinajstić information content (AvgIpc) is 3.50. The molecule has 4 rings (SSSR count). The Morgan fingerprint density at radius 1 is 1.04 bits per heavy atom. The van der Waals surface area contributed by atoms with Crippen LogP contribution in [0, 0.1) is 11.8 Å². The van der Waals surface area contributed by atoms with Crippen molar-refractivity contribution in [1.82, 2.24) is 10.2 Å².